The summed E-state index contributed by atoms with van der Waals surface area (Å²) in [6, 6.07) is 11.1. The van der Waals surface area contributed by atoms with Crippen LogP contribution in [0.1, 0.15) is 61.1 Å². The molecule has 8 nitrogen and oxygen atoms in total. The number of carboxylic acid groups (broad SMARTS) is 1. The first-order valence-corrected chi connectivity index (χ1v) is 11.8. The van der Waals surface area contributed by atoms with Crippen molar-refractivity contribution in [2.75, 3.05) is 13.1 Å². The average molecular weight is 498 g/mol. The molecule has 1 aliphatic heterocycles. The summed E-state index contributed by atoms with van der Waals surface area (Å²) in [5.41, 5.74) is 1.32. The lowest BCUT2D eigenvalue weighted by Crippen LogP contribution is -2.54. The Morgan fingerprint density at radius 3 is 2.28 bits per heavy atom. The lowest BCUT2D eigenvalue weighted by Gasteiger charge is -2.32. The summed E-state index contributed by atoms with van der Waals surface area (Å²) in [4.78, 5) is 54.4. The van der Waals surface area contributed by atoms with Crippen LogP contribution in [0.3, 0.4) is 0 Å². The molecule has 9 heteroatoms. The van der Waals surface area contributed by atoms with Crippen molar-refractivity contribution in [2.24, 2.45) is 5.41 Å². The van der Waals surface area contributed by atoms with Crippen molar-refractivity contribution in [3.63, 3.8) is 0 Å². The standard InChI is InChI=1S/C27H32FN3O5/c1-17-6-5-7-19(14-17)26(36)31-13-12-30(22(32)16-27(2,3)4)25(31)24(35)29-21(15-23(33)34)18-8-10-20(28)11-9-18/h5-11,14,21,25H,12-13,15-16H2,1-4H3,(H,29,35)(H,33,34). The smallest absolute Gasteiger partial charge is 0.305 e. The number of hydrogen-bond acceptors (Lipinski definition) is 4. The molecule has 3 rings (SSSR count). The number of aryl methyl sites for hydroxylation is 1. The number of nitrogens with one attached hydrogen (secondary N) is 1. The summed E-state index contributed by atoms with van der Waals surface area (Å²) in [5.74, 6) is -3.01. The van der Waals surface area contributed by atoms with Crippen LogP contribution in [0.4, 0.5) is 4.39 Å². The number of rotatable bonds is 7. The average Bonchev–Trinajstić information content (AvgIpc) is 3.23. The van der Waals surface area contributed by atoms with Crippen LogP contribution in [0.5, 0.6) is 0 Å². The summed E-state index contributed by atoms with van der Waals surface area (Å²) in [6.07, 6.45) is -1.53. The Kier molecular flexibility index (Phi) is 8.12. The number of benzene rings is 2. The van der Waals surface area contributed by atoms with Crippen LogP contribution in [0.2, 0.25) is 0 Å². The third-order valence-electron chi connectivity index (χ3n) is 5.90. The maximum absolute atomic E-state index is 13.6. The number of halogens is 1. The molecule has 0 aliphatic carbocycles. The van der Waals surface area contributed by atoms with Gasteiger partial charge in [-0.15, -0.1) is 0 Å². The third-order valence-corrected chi connectivity index (χ3v) is 5.90. The monoisotopic (exact) mass is 497 g/mol. The van der Waals surface area contributed by atoms with Gasteiger partial charge in [-0.1, -0.05) is 50.6 Å². The van der Waals surface area contributed by atoms with Gasteiger partial charge in [0.05, 0.1) is 12.5 Å². The second kappa shape index (κ2) is 10.9. The van der Waals surface area contributed by atoms with E-state index in [1.807, 2.05) is 33.8 Å². The van der Waals surface area contributed by atoms with Crippen LogP contribution in [-0.2, 0) is 14.4 Å². The fraction of sp³-hybridized carbons (Fsp3) is 0.407. The van der Waals surface area contributed by atoms with Crippen molar-refractivity contribution in [3.8, 4) is 0 Å². The molecule has 2 N–H and O–H groups in total. The minimum Gasteiger partial charge on any atom is -0.481 e. The van der Waals surface area contributed by atoms with Gasteiger partial charge in [0.2, 0.25) is 5.91 Å². The maximum atomic E-state index is 13.6. The second-order valence-corrected chi connectivity index (χ2v) is 10.3. The Bertz CT molecular complexity index is 1140. The fourth-order valence-electron chi connectivity index (χ4n) is 4.25. The zero-order valence-electron chi connectivity index (χ0n) is 21.0. The topological polar surface area (TPSA) is 107 Å². The Balaban J connectivity index is 1.94. The first kappa shape index (κ1) is 26.8. The normalized spacial score (nSPS) is 16.5. The number of amides is 3. The number of hydrogen-bond donors (Lipinski definition) is 2. The van der Waals surface area contributed by atoms with Gasteiger partial charge in [0.1, 0.15) is 5.82 Å². The van der Waals surface area contributed by atoms with Gasteiger partial charge >= 0.3 is 5.97 Å². The lowest BCUT2D eigenvalue weighted by molar-refractivity contribution is -0.143. The molecule has 1 fully saturated rings. The predicted molar refractivity (Wildman–Crippen MR) is 131 cm³/mol. The van der Waals surface area contributed by atoms with Gasteiger partial charge < -0.3 is 20.2 Å². The molecule has 0 radical (unpaired) electrons. The van der Waals surface area contributed by atoms with Gasteiger partial charge in [0.25, 0.3) is 11.8 Å². The van der Waals surface area contributed by atoms with E-state index in [1.165, 1.54) is 34.1 Å². The van der Waals surface area contributed by atoms with Crippen molar-refractivity contribution < 1.29 is 28.7 Å². The van der Waals surface area contributed by atoms with Gasteiger partial charge in [-0.3, -0.25) is 19.2 Å². The van der Waals surface area contributed by atoms with Crippen LogP contribution in [0.25, 0.3) is 0 Å². The number of nitrogens with zero attached hydrogens (tertiary/aromatic N) is 2. The van der Waals surface area contributed by atoms with Gasteiger partial charge in [0.15, 0.2) is 6.17 Å². The van der Waals surface area contributed by atoms with E-state index in [1.54, 1.807) is 18.2 Å². The molecule has 0 saturated carbocycles. The minimum atomic E-state index is -1.25. The molecule has 0 spiro atoms. The van der Waals surface area contributed by atoms with Gasteiger partial charge in [-0.2, -0.15) is 0 Å². The molecule has 2 atom stereocenters. The van der Waals surface area contributed by atoms with E-state index < -0.39 is 42.2 Å². The molecule has 0 aromatic heterocycles. The molecule has 2 aromatic carbocycles. The van der Waals surface area contributed by atoms with Crippen molar-refractivity contribution >= 4 is 23.7 Å². The van der Waals surface area contributed by atoms with Crippen molar-refractivity contribution in [2.45, 2.75) is 52.7 Å². The summed E-state index contributed by atoms with van der Waals surface area (Å²) >= 11 is 0. The number of carbonyl (C=O) groups is 4. The molecule has 36 heavy (non-hydrogen) atoms. The van der Waals surface area contributed by atoms with Gasteiger partial charge in [0, 0.05) is 25.1 Å². The maximum Gasteiger partial charge on any atom is 0.305 e. The van der Waals surface area contributed by atoms with Crippen LogP contribution in [0.15, 0.2) is 48.5 Å². The zero-order valence-corrected chi connectivity index (χ0v) is 21.0. The Morgan fingerprint density at radius 2 is 1.69 bits per heavy atom. The molecular weight excluding hydrogens is 465 g/mol. The molecular formula is C27H32FN3O5. The SMILES string of the molecule is Cc1cccc(C(=O)N2CCN(C(=O)CC(C)(C)C)C2C(=O)NC(CC(=O)O)c2ccc(F)cc2)c1. The number of carboxylic acids is 1. The number of carbonyl (C=O) groups excluding carboxylic acids is 3. The Labute approximate surface area is 210 Å². The predicted octanol–water partition coefficient (Wildman–Crippen LogP) is 3.51. The van der Waals surface area contributed by atoms with Gasteiger partial charge in [-0.05, 0) is 42.2 Å². The Morgan fingerprint density at radius 1 is 1.06 bits per heavy atom. The molecule has 0 bridgehead atoms. The lowest BCUT2D eigenvalue weighted by atomic mass is 9.91. The highest BCUT2D eigenvalue weighted by atomic mass is 19.1. The van der Waals surface area contributed by atoms with Crippen LogP contribution in [0, 0.1) is 18.2 Å². The summed E-state index contributed by atoms with van der Waals surface area (Å²) in [7, 11) is 0. The molecule has 3 amide bonds. The van der Waals surface area contributed by atoms with E-state index >= 15 is 0 Å². The summed E-state index contributed by atoms with van der Waals surface area (Å²) < 4.78 is 13.4. The van der Waals surface area contributed by atoms with Crippen LogP contribution >= 0.6 is 0 Å². The molecule has 1 aliphatic rings. The number of aliphatic carboxylic acids is 1. The quantitative estimate of drug-likeness (QED) is 0.609. The van der Waals surface area contributed by atoms with E-state index in [0.717, 1.165) is 5.56 Å². The van der Waals surface area contributed by atoms with Gasteiger partial charge in [-0.25, -0.2) is 4.39 Å². The minimum absolute atomic E-state index is 0.154. The molecule has 1 heterocycles. The highest BCUT2D eigenvalue weighted by Crippen LogP contribution is 2.26. The van der Waals surface area contributed by atoms with E-state index in [9.17, 15) is 28.7 Å². The molecule has 192 valence electrons. The third kappa shape index (κ3) is 6.68. The summed E-state index contributed by atoms with van der Waals surface area (Å²) in [6.45, 7) is 7.89. The Hall–Kier alpha value is -3.75. The highest BCUT2D eigenvalue weighted by Gasteiger charge is 2.44. The second-order valence-electron chi connectivity index (χ2n) is 10.3. The van der Waals surface area contributed by atoms with E-state index in [4.69, 9.17) is 0 Å². The van der Waals surface area contributed by atoms with Crippen LogP contribution < -0.4 is 5.32 Å². The van der Waals surface area contributed by atoms with E-state index in [0.29, 0.717) is 11.1 Å². The zero-order chi connectivity index (χ0) is 26.6. The van der Waals surface area contributed by atoms with Crippen LogP contribution in [-0.4, -0.2) is 57.9 Å². The fourth-order valence-corrected chi connectivity index (χ4v) is 4.25. The first-order chi connectivity index (χ1) is 16.9. The van der Waals surface area contributed by atoms with Crippen molar-refractivity contribution in [1.29, 1.82) is 0 Å². The molecule has 1 saturated heterocycles. The summed E-state index contributed by atoms with van der Waals surface area (Å²) in [5, 5.41) is 12.1. The van der Waals surface area contributed by atoms with E-state index in [2.05, 4.69) is 5.32 Å². The molecule has 2 unspecified atom stereocenters. The first-order valence-electron chi connectivity index (χ1n) is 11.8. The highest BCUT2D eigenvalue weighted by molar-refractivity contribution is 5.99. The largest absolute Gasteiger partial charge is 0.481 e. The van der Waals surface area contributed by atoms with Crippen molar-refractivity contribution in [3.05, 3.63) is 71.0 Å². The van der Waals surface area contributed by atoms with E-state index in [-0.39, 0.29) is 30.8 Å². The molecule has 2 aromatic rings. The van der Waals surface area contributed by atoms with Crippen molar-refractivity contribution in [1.82, 2.24) is 15.1 Å².